The molecule has 8 nitrogen and oxygen atoms in total. The van der Waals surface area contributed by atoms with Crippen LogP contribution in [0.5, 0.6) is 0 Å². The van der Waals surface area contributed by atoms with Crippen molar-refractivity contribution in [1.82, 2.24) is 4.90 Å². The summed E-state index contributed by atoms with van der Waals surface area (Å²) in [6.45, 7) is 0.717. The van der Waals surface area contributed by atoms with Crippen LogP contribution in [0.3, 0.4) is 0 Å². The van der Waals surface area contributed by atoms with Gasteiger partial charge in [-0.3, -0.25) is 19.5 Å². The van der Waals surface area contributed by atoms with Crippen molar-refractivity contribution in [1.29, 1.82) is 0 Å². The molecule has 1 aliphatic rings. The van der Waals surface area contributed by atoms with Gasteiger partial charge in [0.25, 0.3) is 0 Å². The van der Waals surface area contributed by atoms with Crippen LogP contribution in [0.25, 0.3) is 0 Å². The van der Waals surface area contributed by atoms with Crippen molar-refractivity contribution in [2.24, 2.45) is 22.2 Å². The summed E-state index contributed by atoms with van der Waals surface area (Å²) < 4.78 is 0. The van der Waals surface area contributed by atoms with E-state index >= 15 is 0 Å². The van der Waals surface area contributed by atoms with Gasteiger partial charge in [0.05, 0.1) is 0 Å². The zero-order valence-corrected chi connectivity index (χ0v) is 10.1. The van der Waals surface area contributed by atoms with Crippen molar-refractivity contribution in [3.05, 3.63) is 0 Å². The summed E-state index contributed by atoms with van der Waals surface area (Å²) in [5, 5.41) is 8.57. The highest BCUT2D eigenvalue weighted by Crippen LogP contribution is 2.08. The van der Waals surface area contributed by atoms with Crippen LogP contribution in [-0.2, 0) is 9.59 Å². The Hall–Kier alpha value is -1.67. The van der Waals surface area contributed by atoms with Crippen molar-refractivity contribution in [3.63, 3.8) is 0 Å². The zero-order valence-electron chi connectivity index (χ0n) is 10.1. The van der Waals surface area contributed by atoms with Crippen molar-refractivity contribution in [2.45, 2.75) is 31.3 Å². The lowest BCUT2D eigenvalue weighted by Crippen LogP contribution is -2.39. The number of carbonyl (C=O) groups is 2. The number of hydrogen-bond acceptors (Lipinski definition) is 5. The summed E-state index contributed by atoms with van der Waals surface area (Å²) in [4.78, 5) is 27.3. The van der Waals surface area contributed by atoms with E-state index in [2.05, 4.69) is 4.99 Å². The molecule has 8 heteroatoms. The molecule has 1 fully saturated rings. The van der Waals surface area contributed by atoms with E-state index in [4.69, 9.17) is 22.3 Å². The highest BCUT2D eigenvalue weighted by Gasteiger charge is 2.29. The number of likely N-dealkylation sites (tertiary alicyclic amines) is 1. The SMILES string of the molecule is NC(=NCCCC(N)C(=O)O)N1CC(N)CC1=O. The number of guanidine groups is 1. The summed E-state index contributed by atoms with van der Waals surface area (Å²) in [6.07, 6.45) is 1.10. The first-order chi connectivity index (χ1) is 8.41. The number of carboxylic acid groups (broad SMARTS) is 1. The fourth-order valence-electron chi connectivity index (χ4n) is 1.67. The number of carboxylic acids is 1. The number of nitrogens with zero attached hydrogens (tertiary/aromatic N) is 2. The Balaban J connectivity index is 2.34. The smallest absolute Gasteiger partial charge is 0.320 e. The Morgan fingerprint density at radius 1 is 1.61 bits per heavy atom. The van der Waals surface area contributed by atoms with Gasteiger partial charge in [0.15, 0.2) is 5.96 Å². The van der Waals surface area contributed by atoms with Crippen LogP contribution in [0.1, 0.15) is 19.3 Å². The van der Waals surface area contributed by atoms with Gasteiger partial charge in [-0.2, -0.15) is 0 Å². The Kier molecular flexibility index (Phi) is 5.05. The van der Waals surface area contributed by atoms with Gasteiger partial charge in [0.2, 0.25) is 5.91 Å². The summed E-state index contributed by atoms with van der Waals surface area (Å²) in [7, 11) is 0. The summed E-state index contributed by atoms with van der Waals surface area (Å²) in [5.74, 6) is -1.03. The van der Waals surface area contributed by atoms with Crippen molar-refractivity contribution in [3.8, 4) is 0 Å². The molecule has 1 aliphatic heterocycles. The first-order valence-corrected chi connectivity index (χ1v) is 5.76. The summed E-state index contributed by atoms with van der Waals surface area (Å²) >= 11 is 0. The molecule has 1 saturated heterocycles. The molecule has 2 atom stereocenters. The normalized spacial score (nSPS) is 22.3. The predicted octanol–water partition coefficient (Wildman–Crippen LogP) is -1.95. The van der Waals surface area contributed by atoms with Gasteiger partial charge < -0.3 is 22.3 Å². The zero-order chi connectivity index (χ0) is 13.7. The lowest BCUT2D eigenvalue weighted by atomic mass is 10.2. The molecule has 1 heterocycles. The van der Waals surface area contributed by atoms with Gasteiger partial charge in [-0.1, -0.05) is 0 Å². The first kappa shape index (κ1) is 14.4. The minimum absolute atomic E-state index is 0.133. The van der Waals surface area contributed by atoms with Crippen LogP contribution < -0.4 is 17.2 Å². The van der Waals surface area contributed by atoms with E-state index in [1.165, 1.54) is 4.90 Å². The van der Waals surface area contributed by atoms with E-state index in [0.717, 1.165) is 0 Å². The molecular weight excluding hydrogens is 238 g/mol. The number of hydrogen-bond donors (Lipinski definition) is 4. The van der Waals surface area contributed by atoms with Gasteiger partial charge in [-0.25, -0.2) is 0 Å². The lowest BCUT2D eigenvalue weighted by molar-refractivity contribution is -0.138. The van der Waals surface area contributed by atoms with E-state index < -0.39 is 12.0 Å². The van der Waals surface area contributed by atoms with Crippen LogP contribution in [0.15, 0.2) is 4.99 Å². The van der Waals surface area contributed by atoms with Crippen LogP contribution in [0, 0.1) is 0 Å². The Morgan fingerprint density at radius 2 is 2.28 bits per heavy atom. The standard InChI is InChI=1S/C10H19N5O3/c11-6-4-8(16)15(5-6)10(13)14-3-1-2-7(12)9(17)18/h6-7H,1-5,11-12H2,(H2,13,14)(H,17,18). The molecule has 0 bridgehead atoms. The van der Waals surface area contributed by atoms with E-state index in [9.17, 15) is 9.59 Å². The molecule has 0 aromatic heterocycles. The van der Waals surface area contributed by atoms with Gasteiger partial charge >= 0.3 is 5.97 Å². The fourth-order valence-corrected chi connectivity index (χ4v) is 1.67. The third kappa shape index (κ3) is 3.97. The topological polar surface area (TPSA) is 148 Å². The molecule has 0 aromatic rings. The van der Waals surface area contributed by atoms with Gasteiger partial charge in [0, 0.05) is 25.6 Å². The average molecular weight is 257 g/mol. The van der Waals surface area contributed by atoms with Crippen LogP contribution in [-0.4, -0.2) is 53.0 Å². The molecule has 1 rings (SSSR count). The molecule has 2 unspecified atom stereocenters. The number of aliphatic imine (C=N–C) groups is 1. The number of rotatable bonds is 5. The van der Waals surface area contributed by atoms with E-state index in [0.29, 0.717) is 25.9 Å². The van der Waals surface area contributed by atoms with Crippen molar-refractivity contribution < 1.29 is 14.7 Å². The lowest BCUT2D eigenvalue weighted by Gasteiger charge is -2.14. The van der Waals surface area contributed by atoms with Gasteiger partial charge in [-0.05, 0) is 12.8 Å². The third-order valence-electron chi connectivity index (χ3n) is 2.70. The average Bonchev–Trinajstić information content (AvgIpc) is 2.63. The molecule has 7 N–H and O–H groups in total. The molecule has 0 radical (unpaired) electrons. The maximum absolute atomic E-state index is 11.4. The molecule has 102 valence electrons. The van der Waals surface area contributed by atoms with E-state index in [1.807, 2.05) is 0 Å². The second-order valence-electron chi connectivity index (χ2n) is 4.30. The van der Waals surface area contributed by atoms with Crippen LogP contribution in [0.2, 0.25) is 0 Å². The molecule has 0 saturated carbocycles. The number of aliphatic carboxylic acids is 1. The number of carbonyl (C=O) groups excluding carboxylic acids is 1. The first-order valence-electron chi connectivity index (χ1n) is 5.76. The van der Waals surface area contributed by atoms with Gasteiger partial charge in [-0.15, -0.1) is 0 Å². The van der Waals surface area contributed by atoms with Crippen LogP contribution in [0.4, 0.5) is 0 Å². The Bertz CT molecular complexity index is 357. The highest BCUT2D eigenvalue weighted by atomic mass is 16.4. The van der Waals surface area contributed by atoms with E-state index in [-0.39, 0.29) is 24.3 Å². The van der Waals surface area contributed by atoms with Gasteiger partial charge in [0.1, 0.15) is 6.04 Å². The third-order valence-corrected chi connectivity index (χ3v) is 2.70. The highest BCUT2D eigenvalue weighted by molar-refractivity contribution is 5.98. The minimum atomic E-state index is -1.03. The second kappa shape index (κ2) is 6.31. The van der Waals surface area contributed by atoms with E-state index in [1.54, 1.807) is 0 Å². The fraction of sp³-hybridized carbons (Fsp3) is 0.700. The molecular formula is C10H19N5O3. The Morgan fingerprint density at radius 3 is 2.78 bits per heavy atom. The maximum atomic E-state index is 11.4. The number of nitrogens with two attached hydrogens (primary N) is 3. The largest absolute Gasteiger partial charge is 0.480 e. The molecule has 0 spiro atoms. The molecule has 1 amide bonds. The van der Waals surface area contributed by atoms with Crippen LogP contribution >= 0.6 is 0 Å². The predicted molar refractivity (Wildman–Crippen MR) is 65.6 cm³/mol. The summed E-state index contributed by atoms with van der Waals surface area (Å²) in [5.41, 5.74) is 16.6. The minimum Gasteiger partial charge on any atom is -0.480 e. The molecule has 0 aliphatic carbocycles. The number of amides is 1. The Labute approximate surface area is 105 Å². The van der Waals surface area contributed by atoms with Crippen molar-refractivity contribution in [2.75, 3.05) is 13.1 Å². The molecule has 0 aromatic carbocycles. The molecule has 18 heavy (non-hydrogen) atoms. The van der Waals surface area contributed by atoms with Crippen molar-refractivity contribution >= 4 is 17.8 Å². The monoisotopic (exact) mass is 257 g/mol. The summed E-state index contributed by atoms with van der Waals surface area (Å²) in [6, 6.07) is -1.09. The second-order valence-corrected chi connectivity index (χ2v) is 4.30. The maximum Gasteiger partial charge on any atom is 0.320 e. The quantitative estimate of drug-likeness (QED) is 0.255.